The standard InChI is InChI=1S/C10H7ClFN3O/c11-6-2-1-3-7(9(6)12)16-10-14-5-4-8(13)15-10/h1-5H,(H2,13,14,15). The fourth-order valence-electron chi connectivity index (χ4n) is 1.06. The van der Waals surface area contributed by atoms with Gasteiger partial charge in [-0.05, 0) is 18.2 Å². The summed E-state index contributed by atoms with van der Waals surface area (Å²) in [6, 6.07) is 5.88. The van der Waals surface area contributed by atoms with E-state index in [1.54, 1.807) is 6.07 Å². The van der Waals surface area contributed by atoms with Crippen LogP contribution in [0.25, 0.3) is 0 Å². The predicted octanol–water partition coefficient (Wildman–Crippen LogP) is 2.64. The largest absolute Gasteiger partial charge is 0.421 e. The molecule has 0 aliphatic rings. The first kappa shape index (κ1) is 10.6. The van der Waals surface area contributed by atoms with Gasteiger partial charge in [-0.25, -0.2) is 9.37 Å². The maximum Gasteiger partial charge on any atom is 0.323 e. The van der Waals surface area contributed by atoms with Crippen molar-refractivity contribution in [3.63, 3.8) is 0 Å². The molecule has 1 heterocycles. The summed E-state index contributed by atoms with van der Waals surface area (Å²) in [6.45, 7) is 0. The van der Waals surface area contributed by atoms with Crippen molar-refractivity contribution < 1.29 is 9.13 Å². The molecule has 0 unspecified atom stereocenters. The molecule has 4 nitrogen and oxygen atoms in total. The average molecular weight is 240 g/mol. The molecule has 0 saturated heterocycles. The number of hydrogen-bond donors (Lipinski definition) is 1. The van der Waals surface area contributed by atoms with Crippen molar-refractivity contribution in [3.05, 3.63) is 41.3 Å². The van der Waals surface area contributed by atoms with E-state index in [1.165, 1.54) is 24.4 Å². The van der Waals surface area contributed by atoms with Crippen LogP contribution in [0.3, 0.4) is 0 Å². The van der Waals surface area contributed by atoms with E-state index in [4.69, 9.17) is 22.1 Å². The summed E-state index contributed by atoms with van der Waals surface area (Å²) in [5, 5.41) is -0.0265. The Kier molecular flexibility index (Phi) is 2.87. The van der Waals surface area contributed by atoms with Gasteiger partial charge in [-0.15, -0.1) is 0 Å². The molecule has 0 amide bonds. The maximum absolute atomic E-state index is 13.4. The number of ether oxygens (including phenoxy) is 1. The normalized spacial score (nSPS) is 10.1. The first-order chi connectivity index (χ1) is 7.66. The molecule has 2 rings (SSSR count). The maximum atomic E-state index is 13.4. The number of hydrogen-bond acceptors (Lipinski definition) is 4. The average Bonchev–Trinajstić information content (AvgIpc) is 2.25. The van der Waals surface area contributed by atoms with Gasteiger partial charge in [0, 0.05) is 6.20 Å². The molecular weight excluding hydrogens is 233 g/mol. The summed E-state index contributed by atoms with van der Waals surface area (Å²) in [6.07, 6.45) is 1.42. The van der Waals surface area contributed by atoms with Gasteiger partial charge in [-0.3, -0.25) is 0 Å². The summed E-state index contributed by atoms with van der Waals surface area (Å²) in [5.41, 5.74) is 5.43. The van der Waals surface area contributed by atoms with Crippen LogP contribution in [0.4, 0.5) is 10.2 Å². The lowest BCUT2D eigenvalue weighted by Crippen LogP contribution is -1.97. The molecule has 2 aromatic rings. The molecule has 1 aromatic heterocycles. The lowest BCUT2D eigenvalue weighted by Gasteiger charge is -2.05. The molecule has 0 bridgehead atoms. The molecule has 6 heteroatoms. The van der Waals surface area contributed by atoms with Crippen molar-refractivity contribution in [2.45, 2.75) is 0 Å². The minimum atomic E-state index is -0.657. The van der Waals surface area contributed by atoms with E-state index < -0.39 is 5.82 Å². The Morgan fingerprint density at radius 3 is 2.88 bits per heavy atom. The Labute approximate surface area is 95.9 Å². The lowest BCUT2D eigenvalue weighted by atomic mass is 10.3. The van der Waals surface area contributed by atoms with Crippen LogP contribution in [0.15, 0.2) is 30.5 Å². The van der Waals surface area contributed by atoms with Crippen molar-refractivity contribution in [2.24, 2.45) is 0 Å². The zero-order valence-electron chi connectivity index (χ0n) is 8.02. The topological polar surface area (TPSA) is 61.0 Å². The fourth-order valence-corrected chi connectivity index (χ4v) is 1.23. The summed E-state index contributed by atoms with van der Waals surface area (Å²) < 4.78 is 18.6. The third-order valence-electron chi connectivity index (χ3n) is 1.77. The molecule has 0 atom stereocenters. The predicted molar refractivity (Wildman–Crippen MR) is 57.9 cm³/mol. The van der Waals surface area contributed by atoms with Crippen LogP contribution in [0.1, 0.15) is 0 Å². The van der Waals surface area contributed by atoms with Gasteiger partial charge in [0.2, 0.25) is 0 Å². The molecule has 1 aromatic carbocycles. The van der Waals surface area contributed by atoms with E-state index in [2.05, 4.69) is 9.97 Å². The zero-order chi connectivity index (χ0) is 11.5. The minimum Gasteiger partial charge on any atom is -0.421 e. The summed E-state index contributed by atoms with van der Waals surface area (Å²) >= 11 is 5.59. The highest BCUT2D eigenvalue weighted by atomic mass is 35.5. The van der Waals surface area contributed by atoms with Gasteiger partial charge < -0.3 is 10.5 Å². The van der Waals surface area contributed by atoms with Crippen molar-refractivity contribution in [2.75, 3.05) is 5.73 Å². The second-order valence-corrected chi connectivity index (χ2v) is 3.33. The second kappa shape index (κ2) is 4.32. The monoisotopic (exact) mass is 239 g/mol. The minimum absolute atomic E-state index is 0.0265. The number of benzene rings is 1. The van der Waals surface area contributed by atoms with E-state index in [-0.39, 0.29) is 22.6 Å². The smallest absolute Gasteiger partial charge is 0.323 e. The van der Waals surface area contributed by atoms with Gasteiger partial charge in [0.1, 0.15) is 5.82 Å². The summed E-state index contributed by atoms with van der Waals surface area (Å²) in [5.74, 6) is -0.458. The molecule has 82 valence electrons. The van der Waals surface area contributed by atoms with Gasteiger partial charge in [0.15, 0.2) is 11.6 Å². The highest BCUT2D eigenvalue weighted by molar-refractivity contribution is 6.30. The van der Waals surface area contributed by atoms with E-state index in [1.807, 2.05) is 0 Å². The SMILES string of the molecule is Nc1ccnc(Oc2cccc(Cl)c2F)n1. The summed E-state index contributed by atoms with van der Waals surface area (Å²) in [4.78, 5) is 7.56. The summed E-state index contributed by atoms with van der Waals surface area (Å²) in [7, 11) is 0. The number of rotatable bonds is 2. The van der Waals surface area contributed by atoms with Crippen LogP contribution in [0, 0.1) is 5.82 Å². The van der Waals surface area contributed by atoms with Gasteiger partial charge in [0.05, 0.1) is 5.02 Å². The van der Waals surface area contributed by atoms with Crippen LogP contribution < -0.4 is 10.5 Å². The Morgan fingerprint density at radius 2 is 2.12 bits per heavy atom. The highest BCUT2D eigenvalue weighted by Crippen LogP contribution is 2.27. The van der Waals surface area contributed by atoms with Crippen LogP contribution >= 0.6 is 11.6 Å². The molecule has 2 N–H and O–H groups in total. The van der Waals surface area contributed by atoms with Gasteiger partial charge in [-0.2, -0.15) is 4.98 Å². The van der Waals surface area contributed by atoms with Crippen LogP contribution in [-0.4, -0.2) is 9.97 Å². The van der Waals surface area contributed by atoms with E-state index in [0.29, 0.717) is 0 Å². The third kappa shape index (κ3) is 2.20. The van der Waals surface area contributed by atoms with Gasteiger partial charge in [-0.1, -0.05) is 17.7 Å². The first-order valence-electron chi connectivity index (χ1n) is 4.37. The lowest BCUT2D eigenvalue weighted by molar-refractivity contribution is 0.412. The quantitative estimate of drug-likeness (QED) is 0.875. The molecule has 0 spiro atoms. The van der Waals surface area contributed by atoms with E-state index >= 15 is 0 Å². The van der Waals surface area contributed by atoms with E-state index in [9.17, 15) is 4.39 Å². The van der Waals surface area contributed by atoms with Gasteiger partial charge in [0.25, 0.3) is 0 Å². The van der Waals surface area contributed by atoms with Gasteiger partial charge >= 0.3 is 6.01 Å². The van der Waals surface area contributed by atoms with Crippen molar-refractivity contribution >= 4 is 17.4 Å². The Morgan fingerprint density at radius 1 is 1.31 bits per heavy atom. The number of nitrogens with zero attached hydrogens (tertiary/aromatic N) is 2. The first-order valence-corrected chi connectivity index (χ1v) is 4.75. The van der Waals surface area contributed by atoms with Crippen LogP contribution in [0.2, 0.25) is 5.02 Å². The molecule has 16 heavy (non-hydrogen) atoms. The molecule has 0 fully saturated rings. The van der Waals surface area contributed by atoms with Crippen LogP contribution in [0.5, 0.6) is 11.8 Å². The third-order valence-corrected chi connectivity index (χ3v) is 2.06. The molecule has 0 radical (unpaired) electrons. The number of anilines is 1. The molecule has 0 saturated carbocycles. The Hall–Kier alpha value is -1.88. The van der Waals surface area contributed by atoms with Crippen molar-refractivity contribution in [1.82, 2.24) is 9.97 Å². The fraction of sp³-hybridized carbons (Fsp3) is 0. The number of halogens is 2. The molecule has 0 aliphatic heterocycles. The van der Waals surface area contributed by atoms with Crippen LogP contribution in [-0.2, 0) is 0 Å². The van der Waals surface area contributed by atoms with Crippen molar-refractivity contribution in [3.8, 4) is 11.8 Å². The number of aromatic nitrogens is 2. The zero-order valence-corrected chi connectivity index (χ0v) is 8.78. The second-order valence-electron chi connectivity index (χ2n) is 2.92. The highest BCUT2D eigenvalue weighted by Gasteiger charge is 2.09. The van der Waals surface area contributed by atoms with E-state index in [0.717, 1.165) is 0 Å². The molecule has 0 aliphatic carbocycles. The Bertz CT molecular complexity index is 521. The number of nitrogens with two attached hydrogens (primary N) is 1. The number of nitrogen functional groups attached to an aromatic ring is 1. The molecular formula is C10H7ClFN3O. The Balaban J connectivity index is 2.31. The van der Waals surface area contributed by atoms with Crippen molar-refractivity contribution in [1.29, 1.82) is 0 Å².